The van der Waals surface area contributed by atoms with E-state index >= 15 is 0 Å². The first-order valence-corrected chi connectivity index (χ1v) is 15.9. The summed E-state index contributed by atoms with van der Waals surface area (Å²) in [6, 6.07) is 58.1. The summed E-state index contributed by atoms with van der Waals surface area (Å²) in [5, 5.41) is 4.93. The van der Waals surface area contributed by atoms with Crippen molar-refractivity contribution in [1.29, 1.82) is 0 Å². The van der Waals surface area contributed by atoms with Crippen molar-refractivity contribution in [2.45, 2.75) is 0 Å². The fraction of sp³-hybridized carbons (Fsp3) is 0. The summed E-state index contributed by atoms with van der Waals surface area (Å²) in [6.07, 6.45) is 0. The molecule has 0 aliphatic rings. The minimum Gasteiger partial charge on any atom is -0.436 e. The first-order valence-electron chi connectivity index (χ1n) is 15.9. The van der Waals surface area contributed by atoms with Crippen molar-refractivity contribution >= 4 is 54.7 Å². The third-order valence-electron chi connectivity index (χ3n) is 9.35. The maximum Gasteiger partial charge on any atom is 0.227 e. The van der Waals surface area contributed by atoms with Gasteiger partial charge in [0, 0.05) is 38.5 Å². The smallest absolute Gasteiger partial charge is 0.227 e. The van der Waals surface area contributed by atoms with Crippen LogP contribution in [0.1, 0.15) is 0 Å². The molecule has 0 atom stereocenters. The topological polar surface area (TPSA) is 35.9 Å². The highest BCUT2D eigenvalue weighted by Gasteiger charge is 2.19. The van der Waals surface area contributed by atoms with Crippen LogP contribution in [-0.4, -0.2) is 14.1 Å². The van der Waals surface area contributed by atoms with Crippen molar-refractivity contribution in [3.8, 4) is 34.0 Å². The van der Waals surface area contributed by atoms with E-state index in [4.69, 9.17) is 9.40 Å². The number of benzene rings is 7. The molecule has 0 radical (unpaired) electrons. The molecule has 0 fully saturated rings. The van der Waals surface area contributed by atoms with Crippen LogP contribution in [0.4, 0.5) is 0 Å². The standard InChI is InChI=1S/C43H27N3O/c1-3-11-31(12-4-1)45-38-17-9-7-15-33(38)35-26-41-36(27-40(35)45)34-25-30(23-24-39(34)46(41)32-13-5-2-6-14-32)28-19-21-29(22-20-28)43-44-37-16-8-10-18-42(37)47-43/h1-27H. The van der Waals surface area contributed by atoms with E-state index in [1.807, 2.05) is 24.3 Å². The Bertz CT molecular complexity index is 2730. The highest BCUT2D eigenvalue weighted by Crippen LogP contribution is 2.41. The van der Waals surface area contributed by atoms with Crippen LogP contribution in [0.2, 0.25) is 0 Å². The van der Waals surface area contributed by atoms with Gasteiger partial charge in [-0.3, -0.25) is 0 Å². The zero-order chi connectivity index (χ0) is 30.9. The largest absolute Gasteiger partial charge is 0.436 e. The number of fused-ring (bicyclic) bond motifs is 7. The monoisotopic (exact) mass is 601 g/mol. The second-order valence-electron chi connectivity index (χ2n) is 12.0. The second-order valence-corrected chi connectivity index (χ2v) is 12.0. The van der Waals surface area contributed by atoms with E-state index in [0.29, 0.717) is 5.89 Å². The number of aromatic nitrogens is 3. The van der Waals surface area contributed by atoms with Gasteiger partial charge in [-0.25, -0.2) is 4.98 Å². The van der Waals surface area contributed by atoms with Gasteiger partial charge in [-0.2, -0.15) is 0 Å². The normalized spacial score (nSPS) is 11.8. The molecular formula is C43H27N3O. The number of hydrogen-bond acceptors (Lipinski definition) is 2. The first-order chi connectivity index (χ1) is 23.3. The maximum absolute atomic E-state index is 6.03. The molecule has 3 heterocycles. The third kappa shape index (κ3) is 3.98. The molecular weight excluding hydrogens is 574 g/mol. The Morgan fingerprint density at radius 2 is 0.915 bits per heavy atom. The summed E-state index contributed by atoms with van der Waals surface area (Å²) in [7, 11) is 0. The number of para-hydroxylation sites is 5. The molecule has 7 aromatic carbocycles. The molecule has 0 bridgehead atoms. The Labute approximate surface area is 270 Å². The SMILES string of the molecule is c1ccc(-n2c3ccccc3c3cc4c(cc32)c2cc(-c3ccc(-c5nc6ccccc6o5)cc3)ccc2n4-c2ccccc2)cc1. The van der Waals surface area contributed by atoms with Crippen LogP contribution >= 0.6 is 0 Å². The third-order valence-corrected chi connectivity index (χ3v) is 9.35. The van der Waals surface area contributed by atoms with Crippen molar-refractivity contribution in [3.05, 3.63) is 164 Å². The summed E-state index contributed by atoms with van der Waals surface area (Å²) in [4.78, 5) is 4.69. The van der Waals surface area contributed by atoms with Crippen molar-refractivity contribution in [2.75, 3.05) is 0 Å². The summed E-state index contributed by atoms with van der Waals surface area (Å²) < 4.78 is 10.8. The van der Waals surface area contributed by atoms with Crippen molar-refractivity contribution in [1.82, 2.24) is 14.1 Å². The Morgan fingerprint density at radius 1 is 0.383 bits per heavy atom. The van der Waals surface area contributed by atoms with Crippen LogP contribution in [-0.2, 0) is 0 Å². The average molecular weight is 602 g/mol. The van der Waals surface area contributed by atoms with Gasteiger partial charge in [0.1, 0.15) is 5.52 Å². The van der Waals surface area contributed by atoms with E-state index in [1.165, 1.54) is 43.6 Å². The molecule has 47 heavy (non-hydrogen) atoms. The zero-order valence-electron chi connectivity index (χ0n) is 25.3. The Hall–Kier alpha value is -6.39. The van der Waals surface area contributed by atoms with Gasteiger partial charge in [-0.05, 0) is 90.0 Å². The average Bonchev–Trinajstić information content (AvgIpc) is 3.81. The van der Waals surface area contributed by atoms with E-state index in [1.54, 1.807) is 0 Å². The molecule has 10 aromatic rings. The molecule has 4 heteroatoms. The molecule has 0 spiro atoms. The fourth-order valence-electron chi connectivity index (χ4n) is 7.17. The van der Waals surface area contributed by atoms with Gasteiger partial charge in [0.15, 0.2) is 5.58 Å². The lowest BCUT2D eigenvalue weighted by molar-refractivity contribution is 0.620. The lowest BCUT2D eigenvalue weighted by Gasteiger charge is -2.09. The number of oxazole rings is 1. The zero-order valence-corrected chi connectivity index (χ0v) is 25.3. The van der Waals surface area contributed by atoms with Gasteiger partial charge in [0.25, 0.3) is 0 Å². The van der Waals surface area contributed by atoms with Crippen LogP contribution in [0.15, 0.2) is 168 Å². The molecule has 4 nitrogen and oxygen atoms in total. The summed E-state index contributed by atoms with van der Waals surface area (Å²) in [5.74, 6) is 0.636. The van der Waals surface area contributed by atoms with Gasteiger partial charge in [-0.15, -0.1) is 0 Å². The van der Waals surface area contributed by atoms with E-state index in [2.05, 4.69) is 149 Å². The van der Waals surface area contributed by atoms with Gasteiger partial charge in [0.05, 0.1) is 22.1 Å². The Balaban J connectivity index is 1.20. The lowest BCUT2D eigenvalue weighted by atomic mass is 10.0. The molecule has 0 aliphatic heterocycles. The van der Waals surface area contributed by atoms with Gasteiger partial charge in [0.2, 0.25) is 5.89 Å². The van der Waals surface area contributed by atoms with Gasteiger partial charge < -0.3 is 13.6 Å². The minimum atomic E-state index is 0.636. The predicted octanol–water partition coefficient (Wildman–Crippen LogP) is 11.4. The van der Waals surface area contributed by atoms with Crippen LogP contribution in [0, 0.1) is 0 Å². The summed E-state index contributed by atoms with van der Waals surface area (Å²) in [6.45, 7) is 0. The van der Waals surface area contributed by atoms with E-state index in [9.17, 15) is 0 Å². The lowest BCUT2D eigenvalue weighted by Crippen LogP contribution is -1.94. The van der Waals surface area contributed by atoms with Crippen LogP contribution in [0.5, 0.6) is 0 Å². The molecule has 3 aromatic heterocycles. The predicted molar refractivity (Wildman–Crippen MR) is 194 cm³/mol. The molecule has 0 saturated heterocycles. The number of rotatable bonds is 4. The van der Waals surface area contributed by atoms with Crippen molar-refractivity contribution < 1.29 is 4.42 Å². The second kappa shape index (κ2) is 10.1. The van der Waals surface area contributed by atoms with Crippen molar-refractivity contribution in [3.63, 3.8) is 0 Å². The summed E-state index contributed by atoms with van der Waals surface area (Å²) >= 11 is 0. The molecule has 0 saturated carbocycles. The highest BCUT2D eigenvalue weighted by molar-refractivity contribution is 6.19. The first kappa shape index (κ1) is 25.9. The fourth-order valence-corrected chi connectivity index (χ4v) is 7.17. The number of hydrogen-bond donors (Lipinski definition) is 0. The Morgan fingerprint density at radius 3 is 1.62 bits per heavy atom. The molecule has 0 aliphatic carbocycles. The van der Waals surface area contributed by atoms with Crippen molar-refractivity contribution in [2.24, 2.45) is 0 Å². The molecule has 0 amide bonds. The van der Waals surface area contributed by atoms with E-state index in [-0.39, 0.29) is 0 Å². The van der Waals surface area contributed by atoms with E-state index < -0.39 is 0 Å². The maximum atomic E-state index is 6.03. The molecule has 0 unspecified atom stereocenters. The van der Waals surface area contributed by atoms with Gasteiger partial charge >= 0.3 is 0 Å². The van der Waals surface area contributed by atoms with Crippen LogP contribution < -0.4 is 0 Å². The van der Waals surface area contributed by atoms with Gasteiger partial charge in [-0.1, -0.05) is 84.9 Å². The van der Waals surface area contributed by atoms with Crippen LogP contribution in [0.25, 0.3) is 88.7 Å². The molecule has 220 valence electrons. The Kier molecular flexibility index (Phi) is 5.54. The highest BCUT2D eigenvalue weighted by atomic mass is 16.3. The molecule has 10 rings (SSSR count). The minimum absolute atomic E-state index is 0.636. The quantitative estimate of drug-likeness (QED) is 0.201. The van der Waals surface area contributed by atoms with Crippen LogP contribution in [0.3, 0.4) is 0 Å². The summed E-state index contributed by atoms with van der Waals surface area (Å²) in [5.41, 5.74) is 12.0. The van der Waals surface area contributed by atoms with E-state index in [0.717, 1.165) is 39.2 Å². The molecule has 0 N–H and O–H groups in total. The number of nitrogens with zero attached hydrogens (tertiary/aromatic N) is 3.